The molecular formula is C27H31F3N6O4. The minimum absolute atomic E-state index is 0.0157. The zero-order chi connectivity index (χ0) is 30.2. The number of ketones is 1. The van der Waals surface area contributed by atoms with E-state index in [0.29, 0.717) is 16.6 Å². The van der Waals surface area contributed by atoms with Crippen molar-refractivity contribution < 1.29 is 32.0 Å². The maximum absolute atomic E-state index is 13.8. The quantitative estimate of drug-likeness (QED) is 0.240. The number of aryl methyl sites for hydroxylation is 1. The molecule has 0 saturated heterocycles. The molecule has 0 unspecified atom stereocenters. The van der Waals surface area contributed by atoms with Crippen LogP contribution in [-0.2, 0) is 17.5 Å². The van der Waals surface area contributed by atoms with Crippen LogP contribution in [-0.4, -0.2) is 37.8 Å². The molecule has 0 fully saturated rings. The molecule has 1 aromatic carbocycles. The average molecular weight is 561 g/mol. The van der Waals surface area contributed by atoms with Crippen molar-refractivity contribution in [2.24, 2.45) is 11.7 Å². The van der Waals surface area contributed by atoms with Gasteiger partial charge >= 0.3 is 6.18 Å². The van der Waals surface area contributed by atoms with Crippen molar-refractivity contribution in [3.05, 3.63) is 70.8 Å². The largest absolute Gasteiger partial charge is 0.446 e. The Kier molecular flexibility index (Phi) is 10.7. The van der Waals surface area contributed by atoms with Crippen LogP contribution in [0.5, 0.6) is 0 Å². The first-order valence-corrected chi connectivity index (χ1v) is 12.3. The van der Waals surface area contributed by atoms with E-state index in [4.69, 9.17) is 9.21 Å². The number of primary amides is 1. The predicted molar refractivity (Wildman–Crippen MR) is 143 cm³/mol. The number of hydrogen-bond donors (Lipinski definition) is 2. The lowest BCUT2D eigenvalue weighted by atomic mass is 10.1. The van der Waals surface area contributed by atoms with Gasteiger partial charge in [0.15, 0.2) is 11.5 Å². The smallest absolute Gasteiger partial charge is 0.437 e. The van der Waals surface area contributed by atoms with Crippen LogP contribution in [0, 0.1) is 19.8 Å². The van der Waals surface area contributed by atoms with Gasteiger partial charge in [-0.15, -0.1) is 0 Å². The van der Waals surface area contributed by atoms with Crippen LogP contribution < -0.4 is 11.1 Å². The summed E-state index contributed by atoms with van der Waals surface area (Å²) < 4.78 is 47.8. The number of rotatable bonds is 6. The highest BCUT2D eigenvalue weighted by atomic mass is 19.4. The molecular weight excluding hydrogens is 529 g/mol. The normalized spacial score (nSPS) is 10.8. The van der Waals surface area contributed by atoms with Gasteiger partial charge < -0.3 is 15.5 Å². The molecule has 13 heteroatoms. The molecule has 3 N–H and O–H groups in total. The Morgan fingerprint density at radius 2 is 1.77 bits per heavy atom. The number of hydrogen-bond acceptors (Lipinski definition) is 7. The van der Waals surface area contributed by atoms with Gasteiger partial charge in [0.1, 0.15) is 18.5 Å². The van der Waals surface area contributed by atoms with Gasteiger partial charge in [0, 0.05) is 17.0 Å². The van der Waals surface area contributed by atoms with Crippen LogP contribution in [0.1, 0.15) is 71.5 Å². The molecule has 10 nitrogen and oxygen atoms in total. The van der Waals surface area contributed by atoms with Gasteiger partial charge in [-0.2, -0.15) is 18.3 Å². The Labute approximate surface area is 228 Å². The molecule has 3 aromatic heterocycles. The third-order valence-corrected chi connectivity index (χ3v) is 5.42. The topological polar surface area (TPSA) is 146 Å². The molecule has 0 aliphatic heterocycles. The van der Waals surface area contributed by atoms with E-state index in [0.717, 1.165) is 4.68 Å². The maximum Gasteiger partial charge on any atom is 0.437 e. The van der Waals surface area contributed by atoms with Gasteiger partial charge in [-0.05, 0) is 26.0 Å². The zero-order valence-corrected chi connectivity index (χ0v) is 23.0. The van der Waals surface area contributed by atoms with Crippen LogP contribution in [0.3, 0.4) is 0 Å². The Hall–Kier alpha value is -4.55. The highest BCUT2D eigenvalue weighted by Gasteiger charge is 2.39. The number of carbonyl (C=O) groups is 3. The summed E-state index contributed by atoms with van der Waals surface area (Å²) in [4.78, 5) is 42.2. The minimum atomic E-state index is -4.83. The third-order valence-electron chi connectivity index (χ3n) is 5.42. The van der Waals surface area contributed by atoms with Crippen molar-refractivity contribution in [2.75, 3.05) is 5.32 Å². The zero-order valence-electron chi connectivity index (χ0n) is 23.0. The summed E-state index contributed by atoms with van der Waals surface area (Å²) in [5.41, 5.74) is 3.89. The number of halogens is 3. The van der Waals surface area contributed by atoms with E-state index in [2.05, 4.69) is 26.1 Å². The van der Waals surface area contributed by atoms with Crippen molar-refractivity contribution >= 4 is 34.7 Å². The Morgan fingerprint density at radius 3 is 2.38 bits per heavy atom. The van der Waals surface area contributed by atoms with Crippen molar-refractivity contribution in [1.29, 1.82) is 0 Å². The number of Topliss-reactive ketones (excluding diaryl/α,β-unsaturated/α-hetero) is 1. The van der Waals surface area contributed by atoms with Gasteiger partial charge in [-0.25, -0.2) is 4.98 Å². The van der Waals surface area contributed by atoms with Crippen molar-refractivity contribution in [3.8, 4) is 0 Å². The average Bonchev–Trinajstić information content (AvgIpc) is 3.49. The number of nitrogens with two attached hydrogens (primary N) is 1. The monoisotopic (exact) mass is 560 g/mol. The molecule has 4 aromatic rings. The fourth-order valence-electron chi connectivity index (χ4n) is 3.65. The first-order valence-electron chi connectivity index (χ1n) is 12.3. The molecule has 0 spiro atoms. The summed E-state index contributed by atoms with van der Waals surface area (Å²) in [7, 11) is 0. The van der Waals surface area contributed by atoms with E-state index in [1.54, 1.807) is 45.0 Å². The Morgan fingerprint density at radius 1 is 1.15 bits per heavy atom. The lowest BCUT2D eigenvalue weighted by Crippen LogP contribution is -2.17. The van der Waals surface area contributed by atoms with Gasteiger partial charge in [0.05, 0.1) is 22.5 Å². The number of fused-ring (bicyclic) bond motifs is 1. The van der Waals surface area contributed by atoms with E-state index in [-0.39, 0.29) is 47.5 Å². The second kappa shape index (κ2) is 13.5. The van der Waals surface area contributed by atoms with Crippen LogP contribution in [0.25, 0.3) is 10.9 Å². The summed E-state index contributed by atoms with van der Waals surface area (Å²) >= 11 is 0. The molecule has 0 aliphatic rings. The van der Waals surface area contributed by atoms with Gasteiger partial charge in [0.2, 0.25) is 12.3 Å². The number of oxazole rings is 1. The molecule has 4 rings (SSSR count). The molecule has 40 heavy (non-hydrogen) atoms. The maximum atomic E-state index is 13.8. The number of alkyl halides is 3. The number of pyridine rings is 1. The van der Waals surface area contributed by atoms with Gasteiger partial charge in [-0.1, -0.05) is 45.9 Å². The van der Waals surface area contributed by atoms with Crippen molar-refractivity contribution in [1.82, 2.24) is 19.7 Å². The highest BCUT2D eigenvalue weighted by Crippen LogP contribution is 2.36. The number of nitrogens with zero attached hydrogens (tertiary/aromatic N) is 4. The van der Waals surface area contributed by atoms with E-state index < -0.39 is 23.5 Å². The first-order chi connectivity index (χ1) is 18.9. The van der Waals surface area contributed by atoms with Crippen molar-refractivity contribution in [2.45, 2.75) is 54.3 Å². The summed E-state index contributed by atoms with van der Waals surface area (Å²) in [6.45, 7) is 10.2. The molecule has 0 radical (unpaired) electrons. The SMILES string of the molecule is CC.Cc1cc(C(=O)Nc2c(C(F)(F)F)nn(Cc3nc(C(=O)C(C)C)co3)c2C)c2ccccc2n1.NC=O. The summed E-state index contributed by atoms with van der Waals surface area (Å²) in [6, 6.07) is 8.39. The van der Waals surface area contributed by atoms with E-state index in [9.17, 15) is 22.8 Å². The number of nitrogens with one attached hydrogen (secondary N) is 1. The number of benzene rings is 1. The molecule has 0 atom stereocenters. The number of amides is 2. The van der Waals surface area contributed by atoms with Gasteiger partial charge in [-0.3, -0.25) is 24.0 Å². The molecule has 0 saturated carbocycles. The number of carbonyl (C=O) groups excluding carboxylic acids is 3. The fourth-order valence-corrected chi connectivity index (χ4v) is 3.65. The number of anilines is 1. The fraction of sp³-hybridized carbons (Fsp3) is 0.333. The van der Waals surface area contributed by atoms with Crippen LogP contribution in [0.4, 0.5) is 18.9 Å². The summed E-state index contributed by atoms with van der Waals surface area (Å²) in [6.07, 6.45) is -3.41. The molecule has 214 valence electrons. The molecule has 0 aliphatic carbocycles. The minimum Gasteiger partial charge on any atom is -0.446 e. The summed E-state index contributed by atoms with van der Waals surface area (Å²) in [5.74, 6) is -1.27. The molecule has 3 heterocycles. The highest BCUT2D eigenvalue weighted by molar-refractivity contribution is 6.12. The number of para-hydroxylation sites is 1. The van der Waals surface area contributed by atoms with Gasteiger partial charge in [0.25, 0.3) is 5.91 Å². The first kappa shape index (κ1) is 31.7. The predicted octanol–water partition coefficient (Wildman–Crippen LogP) is 5.32. The number of aromatic nitrogens is 4. The summed E-state index contributed by atoms with van der Waals surface area (Å²) in [5, 5.41) is 6.57. The standard InChI is InChI=1S/C24H22F3N5O3.C2H6.CH3NO/c1-12(2)21(33)18-11-35-19(29-18)10-32-14(4)20(22(31-32)24(25,26)27)30-23(34)16-9-13(3)28-17-8-6-5-7-15(16)17;1-2;2-1-3/h5-9,11-12H,10H2,1-4H3,(H,30,34);1-2H3;1H,(H2,2,3). The van der Waals surface area contributed by atoms with Crippen LogP contribution in [0.2, 0.25) is 0 Å². The van der Waals surface area contributed by atoms with E-state index in [1.807, 2.05) is 13.8 Å². The Bertz CT molecular complexity index is 1490. The second-order valence-electron chi connectivity index (χ2n) is 8.53. The van der Waals surface area contributed by atoms with E-state index in [1.165, 1.54) is 19.3 Å². The van der Waals surface area contributed by atoms with E-state index >= 15 is 0 Å². The van der Waals surface area contributed by atoms with Crippen molar-refractivity contribution in [3.63, 3.8) is 0 Å². The van der Waals surface area contributed by atoms with Crippen LogP contribution in [0.15, 0.2) is 41.0 Å². The lowest BCUT2D eigenvalue weighted by Gasteiger charge is -2.11. The lowest BCUT2D eigenvalue weighted by molar-refractivity contribution is -0.140. The Balaban J connectivity index is 0.00000105. The van der Waals surface area contributed by atoms with Crippen LogP contribution >= 0.6 is 0 Å². The second-order valence-corrected chi connectivity index (χ2v) is 8.53. The molecule has 2 amide bonds. The third kappa shape index (κ3) is 7.30. The molecule has 0 bridgehead atoms.